The summed E-state index contributed by atoms with van der Waals surface area (Å²) in [5.74, 6) is -0.863. The topological polar surface area (TPSA) is 78.9 Å². The third-order valence-electron chi connectivity index (χ3n) is 3.33. The minimum Gasteiger partial charge on any atom is -0.480 e. The summed E-state index contributed by atoms with van der Waals surface area (Å²) < 4.78 is 5.25. The Labute approximate surface area is 114 Å². The van der Waals surface area contributed by atoms with Crippen LogP contribution in [0.4, 0.5) is 0 Å². The molecule has 19 heavy (non-hydrogen) atoms. The van der Waals surface area contributed by atoms with Crippen LogP contribution in [0, 0.1) is 0 Å². The normalized spacial score (nSPS) is 17.5. The number of nitrogens with zero attached hydrogens (tertiary/aromatic N) is 1. The molecule has 1 aliphatic rings. The summed E-state index contributed by atoms with van der Waals surface area (Å²) in [5.41, 5.74) is -0.552. The fourth-order valence-electron chi connectivity index (χ4n) is 2.33. The second kappa shape index (κ2) is 6.86. The van der Waals surface area contributed by atoms with Gasteiger partial charge in [0.15, 0.2) is 0 Å². The van der Waals surface area contributed by atoms with Gasteiger partial charge < -0.3 is 20.1 Å². The van der Waals surface area contributed by atoms with Crippen molar-refractivity contribution in [2.75, 3.05) is 26.2 Å². The monoisotopic (exact) mass is 272 g/mol. The SMILES string of the molecule is CCNC(C)(C)C(=O)N1CCC(OCC(=O)O)CC1. The van der Waals surface area contributed by atoms with E-state index in [-0.39, 0.29) is 18.6 Å². The first-order chi connectivity index (χ1) is 8.86. The first-order valence-electron chi connectivity index (χ1n) is 6.74. The molecule has 0 aromatic carbocycles. The van der Waals surface area contributed by atoms with Gasteiger partial charge in [-0.15, -0.1) is 0 Å². The molecular formula is C13H24N2O4. The molecule has 1 amide bonds. The maximum atomic E-state index is 12.3. The molecule has 1 saturated heterocycles. The van der Waals surface area contributed by atoms with Crippen molar-refractivity contribution < 1.29 is 19.4 Å². The summed E-state index contributed by atoms with van der Waals surface area (Å²) in [7, 11) is 0. The molecule has 0 bridgehead atoms. The molecule has 0 radical (unpaired) electrons. The molecule has 110 valence electrons. The van der Waals surface area contributed by atoms with Gasteiger partial charge in [0.25, 0.3) is 0 Å². The minimum atomic E-state index is -0.952. The number of likely N-dealkylation sites (N-methyl/N-ethyl adjacent to an activating group) is 1. The number of likely N-dealkylation sites (tertiary alicyclic amines) is 1. The smallest absolute Gasteiger partial charge is 0.329 e. The Morgan fingerprint density at radius 2 is 1.95 bits per heavy atom. The van der Waals surface area contributed by atoms with Crippen LogP contribution in [0.2, 0.25) is 0 Å². The Morgan fingerprint density at radius 3 is 2.42 bits per heavy atom. The third-order valence-corrected chi connectivity index (χ3v) is 3.33. The molecule has 1 rings (SSSR count). The molecule has 0 aromatic heterocycles. The predicted octanol–water partition coefficient (Wildman–Crippen LogP) is 0.467. The van der Waals surface area contributed by atoms with Crippen molar-refractivity contribution in [2.45, 2.75) is 45.3 Å². The maximum Gasteiger partial charge on any atom is 0.329 e. The lowest BCUT2D eigenvalue weighted by molar-refractivity contribution is -0.148. The molecular weight excluding hydrogens is 248 g/mol. The van der Waals surface area contributed by atoms with Crippen LogP contribution in [-0.4, -0.2) is 59.8 Å². The van der Waals surface area contributed by atoms with Crippen LogP contribution in [0.3, 0.4) is 0 Å². The van der Waals surface area contributed by atoms with Crippen molar-refractivity contribution in [3.63, 3.8) is 0 Å². The summed E-state index contributed by atoms with van der Waals surface area (Å²) in [4.78, 5) is 24.6. The zero-order chi connectivity index (χ0) is 14.5. The van der Waals surface area contributed by atoms with E-state index in [0.29, 0.717) is 25.9 Å². The van der Waals surface area contributed by atoms with Gasteiger partial charge in [-0.1, -0.05) is 6.92 Å². The number of piperidine rings is 1. The van der Waals surface area contributed by atoms with Gasteiger partial charge >= 0.3 is 5.97 Å². The van der Waals surface area contributed by atoms with Gasteiger partial charge in [-0.3, -0.25) is 4.79 Å². The Morgan fingerprint density at radius 1 is 1.37 bits per heavy atom. The van der Waals surface area contributed by atoms with E-state index in [1.54, 1.807) is 0 Å². The van der Waals surface area contributed by atoms with Gasteiger partial charge in [0, 0.05) is 13.1 Å². The predicted molar refractivity (Wildman–Crippen MR) is 70.9 cm³/mol. The summed E-state index contributed by atoms with van der Waals surface area (Å²) in [6.45, 7) is 7.47. The number of rotatable bonds is 6. The molecule has 0 atom stereocenters. The number of carboxylic acids is 1. The molecule has 1 heterocycles. The highest BCUT2D eigenvalue weighted by Crippen LogP contribution is 2.17. The van der Waals surface area contributed by atoms with Crippen molar-refractivity contribution in [3.8, 4) is 0 Å². The fraction of sp³-hybridized carbons (Fsp3) is 0.846. The Kier molecular flexibility index (Phi) is 5.75. The lowest BCUT2D eigenvalue weighted by atomic mass is 10.00. The fourth-order valence-corrected chi connectivity index (χ4v) is 2.33. The quantitative estimate of drug-likeness (QED) is 0.734. The van der Waals surface area contributed by atoms with Crippen LogP contribution in [0.25, 0.3) is 0 Å². The average Bonchev–Trinajstić information content (AvgIpc) is 2.36. The van der Waals surface area contributed by atoms with Gasteiger partial charge in [0.1, 0.15) is 6.61 Å². The number of hydrogen-bond donors (Lipinski definition) is 2. The highest BCUT2D eigenvalue weighted by Gasteiger charge is 2.33. The molecule has 0 aliphatic carbocycles. The van der Waals surface area contributed by atoms with Crippen molar-refractivity contribution in [1.29, 1.82) is 0 Å². The largest absolute Gasteiger partial charge is 0.480 e. The lowest BCUT2D eigenvalue weighted by Gasteiger charge is -2.37. The molecule has 2 N–H and O–H groups in total. The lowest BCUT2D eigenvalue weighted by Crippen LogP contribution is -2.56. The van der Waals surface area contributed by atoms with Gasteiger partial charge in [0.2, 0.25) is 5.91 Å². The first-order valence-corrected chi connectivity index (χ1v) is 6.74. The van der Waals surface area contributed by atoms with Gasteiger partial charge in [-0.2, -0.15) is 0 Å². The summed E-state index contributed by atoms with van der Waals surface area (Å²) in [5, 5.41) is 11.7. The second-order valence-electron chi connectivity index (χ2n) is 5.35. The van der Waals surface area contributed by atoms with Crippen LogP contribution < -0.4 is 5.32 Å². The van der Waals surface area contributed by atoms with E-state index in [1.807, 2.05) is 25.7 Å². The van der Waals surface area contributed by atoms with E-state index in [0.717, 1.165) is 6.54 Å². The van der Waals surface area contributed by atoms with Crippen LogP contribution in [0.15, 0.2) is 0 Å². The van der Waals surface area contributed by atoms with E-state index in [4.69, 9.17) is 9.84 Å². The van der Waals surface area contributed by atoms with E-state index in [1.165, 1.54) is 0 Å². The van der Waals surface area contributed by atoms with E-state index >= 15 is 0 Å². The number of amides is 1. The number of carbonyl (C=O) groups is 2. The minimum absolute atomic E-state index is 0.0533. The molecule has 0 unspecified atom stereocenters. The number of aliphatic carboxylic acids is 1. The van der Waals surface area contributed by atoms with Crippen LogP contribution in [-0.2, 0) is 14.3 Å². The second-order valence-corrected chi connectivity index (χ2v) is 5.35. The number of nitrogens with one attached hydrogen (secondary N) is 1. The van der Waals surface area contributed by atoms with Crippen molar-refractivity contribution in [3.05, 3.63) is 0 Å². The van der Waals surface area contributed by atoms with Crippen LogP contribution >= 0.6 is 0 Å². The van der Waals surface area contributed by atoms with Gasteiger partial charge in [-0.05, 0) is 33.2 Å². The third kappa shape index (κ3) is 4.80. The number of hydrogen-bond acceptors (Lipinski definition) is 4. The van der Waals surface area contributed by atoms with Gasteiger partial charge in [-0.25, -0.2) is 4.79 Å². The molecule has 6 nitrogen and oxygen atoms in total. The molecule has 0 spiro atoms. The number of carbonyl (C=O) groups excluding carboxylic acids is 1. The first kappa shape index (κ1) is 15.9. The highest BCUT2D eigenvalue weighted by atomic mass is 16.5. The zero-order valence-electron chi connectivity index (χ0n) is 11.9. The molecule has 1 aliphatic heterocycles. The van der Waals surface area contributed by atoms with Crippen LogP contribution in [0.5, 0.6) is 0 Å². The Balaban J connectivity index is 2.41. The number of ether oxygens (including phenoxy) is 1. The maximum absolute atomic E-state index is 12.3. The zero-order valence-corrected chi connectivity index (χ0v) is 11.9. The van der Waals surface area contributed by atoms with Crippen molar-refractivity contribution in [2.24, 2.45) is 0 Å². The van der Waals surface area contributed by atoms with E-state index in [9.17, 15) is 9.59 Å². The van der Waals surface area contributed by atoms with Gasteiger partial charge in [0.05, 0.1) is 11.6 Å². The summed E-state index contributed by atoms with van der Waals surface area (Å²) >= 11 is 0. The van der Waals surface area contributed by atoms with Crippen LogP contribution in [0.1, 0.15) is 33.6 Å². The summed E-state index contributed by atoms with van der Waals surface area (Å²) in [6, 6.07) is 0. The van der Waals surface area contributed by atoms with Crippen molar-refractivity contribution >= 4 is 11.9 Å². The average molecular weight is 272 g/mol. The van der Waals surface area contributed by atoms with E-state index in [2.05, 4.69) is 5.32 Å². The number of carboxylic acid groups (broad SMARTS) is 1. The molecule has 0 aromatic rings. The molecule has 1 fully saturated rings. The standard InChI is InChI=1S/C13H24N2O4/c1-4-14-13(2,3)12(18)15-7-5-10(6-8-15)19-9-11(16)17/h10,14H,4-9H2,1-3H3,(H,16,17). The highest BCUT2D eigenvalue weighted by molar-refractivity contribution is 5.85. The Bertz CT molecular complexity index is 323. The summed E-state index contributed by atoms with van der Waals surface area (Å²) in [6.07, 6.45) is 1.34. The van der Waals surface area contributed by atoms with E-state index < -0.39 is 11.5 Å². The Hall–Kier alpha value is -1.14. The molecule has 0 saturated carbocycles. The van der Waals surface area contributed by atoms with Crippen molar-refractivity contribution in [1.82, 2.24) is 10.2 Å². The molecule has 6 heteroatoms.